The number of carbonyl (C=O) groups excluding carboxylic acids is 1. The average Bonchev–Trinajstić information content (AvgIpc) is 3.30. The van der Waals surface area contributed by atoms with E-state index >= 15 is 0 Å². The summed E-state index contributed by atoms with van der Waals surface area (Å²) in [6.45, 7) is 4.61. The Bertz CT molecular complexity index is 1290. The van der Waals surface area contributed by atoms with Gasteiger partial charge in [0.25, 0.3) is 5.91 Å². The van der Waals surface area contributed by atoms with Crippen LogP contribution in [0.4, 0.5) is 0 Å². The molecular weight excluding hydrogens is 595 g/mol. The number of rotatable bonds is 9. The van der Waals surface area contributed by atoms with Crippen LogP contribution in [0.2, 0.25) is 0 Å². The van der Waals surface area contributed by atoms with Crippen molar-refractivity contribution in [2.75, 3.05) is 27.4 Å². The number of halogens is 1. The first kappa shape index (κ1) is 26.0. The van der Waals surface area contributed by atoms with Crippen LogP contribution in [0.15, 0.2) is 52.1 Å². The molecule has 0 saturated heterocycles. The molecule has 0 aromatic heterocycles. The van der Waals surface area contributed by atoms with Gasteiger partial charge in [0, 0.05) is 5.92 Å². The van der Waals surface area contributed by atoms with E-state index < -0.39 is 5.91 Å². The van der Waals surface area contributed by atoms with Crippen molar-refractivity contribution in [3.63, 3.8) is 0 Å². The number of hydrazone groups is 1. The van der Waals surface area contributed by atoms with Crippen LogP contribution in [0.5, 0.6) is 23.0 Å². The molecular formula is C25H25IN4O5S. The summed E-state index contributed by atoms with van der Waals surface area (Å²) in [5, 5.41) is 15.6. The van der Waals surface area contributed by atoms with E-state index in [1.165, 1.54) is 16.8 Å². The lowest BCUT2D eigenvalue weighted by atomic mass is 10.1. The molecule has 188 valence electrons. The molecule has 2 heterocycles. The summed E-state index contributed by atoms with van der Waals surface area (Å²) in [7, 11) is 3.14. The largest absolute Gasteiger partial charge is 0.493 e. The lowest BCUT2D eigenvalue weighted by Gasteiger charge is -2.20. The smallest absolute Gasteiger partial charge is 0.283 e. The van der Waals surface area contributed by atoms with Crippen molar-refractivity contribution < 1.29 is 23.7 Å². The van der Waals surface area contributed by atoms with Gasteiger partial charge in [0.05, 0.1) is 23.4 Å². The van der Waals surface area contributed by atoms with Crippen LogP contribution in [0.3, 0.4) is 0 Å². The van der Waals surface area contributed by atoms with Gasteiger partial charge in [0.2, 0.25) is 5.17 Å². The number of benzene rings is 2. The molecule has 4 rings (SSSR count). The zero-order chi connectivity index (χ0) is 25.8. The highest BCUT2D eigenvalue weighted by atomic mass is 127. The number of nitrogens with one attached hydrogen (secondary N) is 1. The zero-order valence-electron chi connectivity index (χ0n) is 20.2. The molecule has 1 N–H and O–H groups in total. The van der Waals surface area contributed by atoms with E-state index in [4.69, 9.17) is 24.4 Å². The molecule has 11 heteroatoms. The molecule has 1 amide bonds. The molecule has 0 radical (unpaired) electrons. The number of fused-ring (bicyclic) bond motifs is 1. The third-order valence-corrected chi connectivity index (χ3v) is 7.19. The highest BCUT2D eigenvalue weighted by Crippen LogP contribution is 2.36. The molecule has 36 heavy (non-hydrogen) atoms. The monoisotopic (exact) mass is 620 g/mol. The van der Waals surface area contributed by atoms with Gasteiger partial charge >= 0.3 is 0 Å². The normalized spacial score (nSPS) is 16.2. The number of carbonyl (C=O) groups is 1. The summed E-state index contributed by atoms with van der Waals surface area (Å²) in [6, 6.07) is 11.0. The van der Waals surface area contributed by atoms with Crippen LogP contribution in [0.1, 0.15) is 19.4 Å². The maximum atomic E-state index is 12.7. The summed E-state index contributed by atoms with van der Waals surface area (Å²) in [6.07, 6.45) is 1.62. The van der Waals surface area contributed by atoms with Crippen molar-refractivity contribution >= 4 is 62.4 Å². The summed E-state index contributed by atoms with van der Waals surface area (Å²) < 4.78 is 23.4. The predicted molar refractivity (Wildman–Crippen MR) is 150 cm³/mol. The van der Waals surface area contributed by atoms with E-state index in [2.05, 4.69) is 32.7 Å². The lowest BCUT2D eigenvalue weighted by Crippen LogP contribution is -2.35. The first-order chi connectivity index (χ1) is 17.3. The molecule has 2 aromatic rings. The van der Waals surface area contributed by atoms with Gasteiger partial charge in [-0.25, -0.2) is 0 Å². The minimum Gasteiger partial charge on any atom is -0.493 e. The maximum Gasteiger partial charge on any atom is 0.283 e. The average molecular weight is 620 g/mol. The quantitative estimate of drug-likeness (QED) is 0.238. The molecule has 0 fully saturated rings. The van der Waals surface area contributed by atoms with E-state index in [9.17, 15) is 4.79 Å². The van der Waals surface area contributed by atoms with Crippen LogP contribution >= 0.6 is 34.4 Å². The molecule has 0 saturated carbocycles. The number of nitrogens with zero attached hydrogens (tertiary/aromatic N) is 3. The minimum atomic E-state index is -0.471. The zero-order valence-corrected chi connectivity index (χ0v) is 23.2. The number of methoxy groups -OCH3 is 2. The van der Waals surface area contributed by atoms with Crippen molar-refractivity contribution in [2.24, 2.45) is 16.0 Å². The Morgan fingerprint density at radius 3 is 2.47 bits per heavy atom. The van der Waals surface area contributed by atoms with Crippen molar-refractivity contribution in [2.45, 2.75) is 13.8 Å². The van der Waals surface area contributed by atoms with E-state index in [1.54, 1.807) is 26.4 Å². The fourth-order valence-corrected chi connectivity index (χ4v) is 5.08. The van der Waals surface area contributed by atoms with Gasteiger partial charge in [0.15, 0.2) is 28.8 Å². The second kappa shape index (κ2) is 11.3. The SMILES string of the molecule is COc1ccccc1OCCOc1c(I)cc(/C=C2/C(=N)N3N=C(C(C)C)SC3=NC2=O)cc1OC. The van der Waals surface area contributed by atoms with Crippen LogP contribution < -0.4 is 18.9 Å². The number of para-hydroxylation sites is 2. The van der Waals surface area contributed by atoms with E-state index in [0.29, 0.717) is 40.3 Å². The van der Waals surface area contributed by atoms with Crippen molar-refractivity contribution in [3.8, 4) is 23.0 Å². The van der Waals surface area contributed by atoms with E-state index in [0.717, 1.165) is 8.61 Å². The Labute approximate surface area is 227 Å². The van der Waals surface area contributed by atoms with Gasteiger partial charge in [-0.2, -0.15) is 15.1 Å². The molecule has 2 aliphatic rings. The molecule has 2 aromatic carbocycles. The third kappa shape index (κ3) is 5.51. The third-order valence-electron chi connectivity index (χ3n) is 5.18. The first-order valence-corrected chi connectivity index (χ1v) is 13.0. The number of hydrogen-bond donors (Lipinski definition) is 1. The number of ether oxygens (including phenoxy) is 4. The van der Waals surface area contributed by atoms with Crippen molar-refractivity contribution in [3.05, 3.63) is 51.1 Å². The van der Waals surface area contributed by atoms with Crippen LogP contribution in [0.25, 0.3) is 6.08 Å². The standard InChI is InChI=1S/C25H25IN4O5S/c1-14(2)24-29-30-22(27)16(23(31)28-25(30)36-24)11-15-12-17(26)21(20(13-15)33-4)35-10-9-34-19-8-6-5-7-18(19)32-3/h5-8,11-14,27H,9-10H2,1-4H3/b16-11-,27-22?. The van der Waals surface area contributed by atoms with Crippen LogP contribution in [0, 0.1) is 14.9 Å². The highest BCUT2D eigenvalue weighted by molar-refractivity contribution is 14.1. The van der Waals surface area contributed by atoms with Gasteiger partial charge in [-0.1, -0.05) is 26.0 Å². The summed E-state index contributed by atoms with van der Waals surface area (Å²) >= 11 is 3.47. The fraction of sp³-hybridized carbons (Fsp3) is 0.280. The van der Waals surface area contributed by atoms with E-state index in [1.807, 2.05) is 44.2 Å². The van der Waals surface area contributed by atoms with Crippen LogP contribution in [-0.2, 0) is 4.79 Å². The molecule has 0 aliphatic carbocycles. The molecule has 0 atom stereocenters. The second-order valence-electron chi connectivity index (χ2n) is 7.99. The molecule has 0 spiro atoms. The van der Waals surface area contributed by atoms with Crippen molar-refractivity contribution in [1.82, 2.24) is 5.01 Å². The highest BCUT2D eigenvalue weighted by Gasteiger charge is 2.36. The lowest BCUT2D eigenvalue weighted by molar-refractivity contribution is -0.114. The minimum absolute atomic E-state index is 0.00376. The number of amidine groups is 2. The fourth-order valence-electron chi connectivity index (χ4n) is 3.40. The first-order valence-electron chi connectivity index (χ1n) is 11.1. The van der Waals surface area contributed by atoms with Gasteiger partial charge < -0.3 is 18.9 Å². The second-order valence-corrected chi connectivity index (χ2v) is 10.1. The van der Waals surface area contributed by atoms with E-state index in [-0.39, 0.29) is 23.9 Å². The van der Waals surface area contributed by atoms with Crippen LogP contribution in [-0.4, -0.2) is 54.4 Å². The topological polar surface area (TPSA) is 106 Å². The van der Waals surface area contributed by atoms with Gasteiger partial charge in [0.1, 0.15) is 18.3 Å². The van der Waals surface area contributed by atoms with Gasteiger partial charge in [-0.3, -0.25) is 10.2 Å². The molecule has 0 unspecified atom stereocenters. The Kier molecular flexibility index (Phi) is 8.19. The Balaban J connectivity index is 1.49. The maximum absolute atomic E-state index is 12.7. The Morgan fingerprint density at radius 1 is 1.08 bits per heavy atom. The summed E-state index contributed by atoms with van der Waals surface area (Å²) in [4.78, 5) is 16.8. The number of aliphatic imine (C=N–C) groups is 1. The predicted octanol–water partition coefficient (Wildman–Crippen LogP) is 5.04. The molecule has 9 nitrogen and oxygen atoms in total. The van der Waals surface area contributed by atoms with Gasteiger partial charge in [-0.15, -0.1) is 0 Å². The Hall–Kier alpha value is -3.06. The molecule has 2 aliphatic heterocycles. The number of hydrogen-bond acceptors (Lipinski definition) is 8. The Morgan fingerprint density at radius 2 is 1.78 bits per heavy atom. The van der Waals surface area contributed by atoms with Gasteiger partial charge in [-0.05, 0) is 70.3 Å². The summed E-state index contributed by atoms with van der Waals surface area (Å²) in [5.41, 5.74) is 0.838. The van der Waals surface area contributed by atoms with Crippen molar-refractivity contribution in [1.29, 1.82) is 5.41 Å². The summed E-state index contributed by atoms with van der Waals surface area (Å²) in [5.74, 6) is 2.06. The molecule has 0 bridgehead atoms. The number of amides is 1. The number of thioether (sulfide) groups is 1.